The van der Waals surface area contributed by atoms with E-state index in [0.29, 0.717) is 42.2 Å². The van der Waals surface area contributed by atoms with E-state index in [9.17, 15) is 9.59 Å². The van der Waals surface area contributed by atoms with Crippen LogP contribution in [-0.2, 0) is 0 Å². The molecule has 0 unspecified atom stereocenters. The van der Waals surface area contributed by atoms with Crippen LogP contribution in [-0.4, -0.2) is 52.8 Å². The first-order valence-corrected chi connectivity index (χ1v) is 7.88. The average Bonchev–Trinajstić information content (AvgIpc) is 2.62. The summed E-state index contributed by atoms with van der Waals surface area (Å²) >= 11 is 4.34. The van der Waals surface area contributed by atoms with E-state index in [1.807, 2.05) is 12.1 Å². The van der Waals surface area contributed by atoms with Crippen LogP contribution in [0.4, 0.5) is 0 Å². The lowest BCUT2D eigenvalue weighted by atomic mass is 10.1. The number of hydrogen-bond donors (Lipinski definition) is 1. The van der Waals surface area contributed by atoms with E-state index in [2.05, 4.69) is 17.6 Å². The number of rotatable bonds is 2. The Morgan fingerprint density at radius 3 is 2.17 bits per heavy atom. The molecule has 5 nitrogen and oxygen atoms in total. The molecule has 1 aromatic carbocycles. The van der Waals surface area contributed by atoms with Gasteiger partial charge in [-0.25, -0.2) is 0 Å². The SMILES string of the molecule is O=C(c1cccnc1)N1CCN(C(=O)c2ccccc2S)CC1. The van der Waals surface area contributed by atoms with E-state index in [1.54, 1.807) is 46.5 Å². The maximum Gasteiger partial charge on any atom is 0.255 e. The number of nitrogens with zero attached hydrogens (tertiary/aromatic N) is 3. The van der Waals surface area contributed by atoms with Crippen LogP contribution in [0, 0.1) is 0 Å². The number of aromatic nitrogens is 1. The van der Waals surface area contributed by atoms with Gasteiger partial charge in [-0.05, 0) is 24.3 Å². The minimum absolute atomic E-state index is 0.0379. The predicted molar refractivity (Wildman–Crippen MR) is 89.7 cm³/mol. The normalized spacial score (nSPS) is 14.7. The minimum atomic E-state index is -0.0419. The Morgan fingerprint density at radius 2 is 1.57 bits per heavy atom. The second-order valence-corrected chi connectivity index (χ2v) is 5.83. The zero-order valence-corrected chi connectivity index (χ0v) is 13.4. The molecule has 118 valence electrons. The van der Waals surface area contributed by atoms with Crippen LogP contribution in [0.1, 0.15) is 20.7 Å². The molecule has 0 atom stereocenters. The fourth-order valence-corrected chi connectivity index (χ4v) is 2.87. The molecule has 3 rings (SSSR count). The zero-order valence-electron chi connectivity index (χ0n) is 12.6. The summed E-state index contributed by atoms with van der Waals surface area (Å²) in [5, 5.41) is 0. The Balaban J connectivity index is 1.64. The van der Waals surface area contributed by atoms with Gasteiger partial charge in [0.1, 0.15) is 0 Å². The number of benzene rings is 1. The van der Waals surface area contributed by atoms with Crippen LogP contribution in [0.3, 0.4) is 0 Å². The largest absolute Gasteiger partial charge is 0.335 e. The number of pyridine rings is 1. The third-order valence-corrected chi connectivity index (χ3v) is 4.29. The van der Waals surface area contributed by atoms with Crippen molar-refractivity contribution in [3.05, 3.63) is 59.9 Å². The fraction of sp³-hybridized carbons (Fsp3) is 0.235. The summed E-state index contributed by atoms with van der Waals surface area (Å²) in [7, 11) is 0. The highest BCUT2D eigenvalue weighted by atomic mass is 32.1. The zero-order chi connectivity index (χ0) is 16.2. The quantitative estimate of drug-likeness (QED) is 0.858. The van der Waals surface area contributed by atoms with Crippen LogP contribution in [0.5, 0.6) is 0 Å². The Hall–Kier alpha value is -2.34. The van der Waals surface area contributed by atoms with Crippen molar-refractivity contribution < 1.29 is 9.59 Å². The molecule has 23 heavy (non-hydrogen) atoms. The molecule has 0 bridgehead atoms. The van der Waals surface area contributed by atoms with E-state index < -0.39 is 0 Å². The molecule has 2 amide bonds. The first-order valence-electron chi connectivity index (χ1n) is 7.43. The van der Waals surface area contributed by atoms with Gasteiger partial charge < -0.3 is 9.80 Å². The van der Waals surface area contributed by atoms with Gasteiger partial charge >= 0.3 is 0 Å². The number of amides is 2. The number of thiol groups is 1. The molecular formula is C17H17N3O2S. The molecule has 2 heterocycles. The van der Waals surface area contributed by atoms with Crippen molar-refractivity contribution in [3.8, 4) is 0 Å². The van der Waals surface area contributed by atoms with Gasteiger partial charge in [-0.3, -0.25) is 14.6 Å². The molecule has 0 radical (unpaired) electrons. The van der Waals surface area contributed by atoms with Gasteiger partial charge in [0.05, 0.1) is 11.1 Å². The van der Waals surface area contributed by atoms with E-state index in [4.69, 9.17) is 0 Å². The molecule has 6 heteroatoms. The van der Waals surface area contributed by atoms with Gasteiger partial charge in [-0.1, -0.05) is 12.1 Å². The Bertz CT molecular complexity index is 713. The number of carbonyl (C=O) groups excluding carboxylic acids is 2. The third kappa shape index (κ3) is 3.37. The maximum atomic E-state index is 12.5. The summed E-state index contributed by atoms with van der Waals surface area (Å²) in [6.45, 7) is 2.09. The van der Waals surface area contributed by atoms with Crippen molar-refractivity contribution in [1.29, 1.82) is 0 Å². The smallest absolute Gasteiger partial charge is 0.255 e. The standard InChI is InChI=1S/C17H17N3O2S/c21-16(13-4-3-7-18-12-13)19-8-10-20(11-9-19)17(22)14-5-1-2-6-15(14)23/h1-7,12,23H,8-11H2. The van der Waals surface area contributed by atoms with Crippen molar-refractivity contribution in [2.24, 2.45) is 0 Å². The van der Waals surface area contributed by atoms with Gasteiger partial charge in [-0.2, -0.15) is 0 Å². The van der Waals surface area contributed by atoms with Crippen molar-refractivity contribution in [1.82, 2.24) is 14.8 Å². The molecule has 0 spiro atoms. The molecule has 2 aromatic rings. The van der Waals surface area contributed by atoms with E-state index in [1.165, 1.54) is 0 Å². The second kappa shape index (κ2) is 6.83. The van der Waals surface area contributed by atoms with Crippen molar-refractivity contribution in [2.45, 2.75) is 4.90 Å². The van der Waals surface area contributed by atoms with E-state index in [-0.39, 0.29) is 11.8 Å². The summed E-state index contributed by atoms with van der Waals surface area (Å²) in [5.41, 5.74) is 1.18. The molecule has 1 fully saturated rings. The third-order valence-electron chi connectivity index (χ3n) is 3.90. The van der Waals surface area contributed by atoms with Crippen LogP contribution >= 0.6 is 12.6 Å². The summed E-state index contributed by atoms with van der Waals surface area (Å²) in [6.07, 6.45) is 3.21. The molecular weight excluding hydrogens is 310 g/mol. The summed E-state index contributed by atoms with van der Waals surface area (Å²) in [4.78, 5) is 33.1. The number of carbonyl (C=O) groups is 2. The molecule has 1 aliphatic rings. The number of hydrogen-bond acceptors (Lipinski definition) is 4. The topological polar surface area (TPSA) is 53.5 Å². The summed E-state index contributed by atoms with van der Waals surface area (Å²) in [6, 6.07) is 10.8. The van der Waals surface area contributed by atoms with Crippen LogP contribution in [0.15, 0.2) is 53.7 Å². The van der Waals surface area contributed by atoms with Crippen LogP contribution in [0.2, 0.25) is 0 Å². The lowest BCUT2D eigenvalue weighted by molar-refractivity contribution is 0.0533. The summed E-state index contributed by atoms with van der Waals surface area (Å²) < 4.78 is 0. The lowest BCUT2D eigenvalue weighted by Gasteiger charge is -2.35. The first-order chi connectivity index (χ1) is 11.2. The number of piperazine rings is 1. The highest BCUT2D eigenvalue weighted by Gasteiger charge is 2.26. The van der Waals surface area contributed by atoms with Gasteiger partial charge in [-0.15, -0.1) is 12.6 Å². The first kappa shape index (κ1) is 15.6. The Labute approximate surface area is 140 Å². The highest BCUT2D eigenvalue weighted by Crippen LogP contribution is 2.17. The van der Waals surface area contributed by atoms with Crippen LogP contribution < -0.4 is 0 Å². The van der Waals surface area contributed by atoms with Gasteiger partial charge in [0.15, 0.2) is 0 Å². The Kier molecular flexibility index (Phi) is 4.62. The second-order valence-electron chi connectivity index (χ2n) is 5.34. The van der Waals surface area contributed by atoms with E-state index in [0.717, 1.165) is 0 Å². The molecule has 0 saturated carbocycles. The average molecular weight is 327 g/mol. The van der Waals surface area contributed by atoms with Gasteiger partial charge in [0.2, 0.25) is 0 Å². The monoisotopic (exact) mass is 327 g/mol. The van der Waals surface area contributed by atoms with Crippen molar-refractivity contribution >= 4 is 24.4 Å². The molecule has 1 saturated heterocycles. The molecule has 0 aliphatic carbocycles. The van der Waals surface area contributed by atoms with Gasteiger partial charge in [0, 0.05) is 43.5 Å². The fourth-order valence-electron chi connectivity index (χ4n) is 2.61. The molecule has 0 N–H and O–H groups in total. The molecule has 1 aromatic heterocycles. The maximum absolute atomic E-state index is 12.5. The van der Waals surface area contributed by atoms with E-state index >= 15 is 0 Å². The minimum Gasteiger partial charge on any atom is -0.335 e. The Morgan fingerprint density at radius 1 is 0.913 bits per heavy atom. The van der Waals surface area contributed by atoms with Crippen molar-refractivity contribution in [2.75, 3.05) is 26.2 Å². The van der Waals surface area contributed by atoms with Crippen molar-refractivity contribution in [3.63, 3.8) is 0 Å². The highest BCUT2D eigenvalue weighted by molar-refractivity contribution is 7.80. The molecule has 1 aliphatic heterocycles. The van der Waals surface area contributed by atoms with Gasteiger partial charge in [0.25, 0.3) is 11.8 Å². The predicted octanol–water partition coefficient (Wildman–Crippen LogP) is 1.97. The van der Waals surface area contributed by atoms with Crippen LogP contribution in [0.25, 0.3) is 0 Å². The lowest BCUT2D eigenvalue weighted by Crippen LogP contribution is -2.50. The summed E-state index contributed by atoms with van der Waals surface area (Å²) in [5.74, 6) is -0.0797.